The molecule has 14 heteroatoms. The van der Waals surface area contributed by atoms with Crippen molar-refractivity contribution in [1.29, 1.82) is 0 Å². The van der Waals surface area contributed by atoms with Gasteiger partial charge in [-0.1, -0.05) is 11.6 Å². The number of nitrogens with zero attached hydrogens (tertiary/aromatic N) is 4. The van der Waals surface area contributed by atoms with Gasteiger partial charge in [-0.05, 0) is 11.6 Å². The van der Waals surface area contributed by atoms with E-state index in [1.807, 2.05) is 0 Å². The summed E-state index contributed by atoms with van der Waals surface area (Å²) < 4.78 is 22.9. The lowest BCUT2D eigenvalue weighted by Crippen LogP contribution is -2.40. The van der Waals surface area contributed by atoms with Crippen LogP contribution in [0.1, 0.15) is 27.0 Å². The number of nitrogens with two attached hydrogens (primary N) is 1. The van der Waals surface area contributed by atoms with Gasteiger partial charge in [0, 0.05) is 20.8 Å². The maximum atomic E-state index is 11.7. The highest BCUT2D eigenvalue weighted by Crippen LogP contribution is 2.38. The summed E-state index contributed by atoms with van der Waals surface area (Å²) in [4.78, 5) is 46.6. The van der Waals surface area contributed by atoms with E-state index in [1.54, 1.807) is 0 Å². The maximum Gasteiger partial charge on any atom is 0.303 e. The predicted molar refractivity (Wildman–Crippen MR) is 101 cm³/mol. The van der Waals surface area contributed by atoms with Crippen LogP contribution in [0.2, 0.25) is 10.4 Å². The van der Waals surface area contributed by atoms with Crippen LogP contribution in [0.5, 0.6) is 0 Å². The standard InChI is InChI=1S/C16H17Cl2N5O7/c1-5(24)27-4-8-10(28-6(2)25)11(29-7(3)26)14(30-8)23-13-9(20-15(23)18)12(17)21-16(19)22-13/h8,10-11,14H,4H2,1-3H3,(H2,19,21,22)/t8-,10+,11-,14+/m0/s1. The van der Waals surface area contributed by atoms with Crippen molar-refractivity contribution >= 4 is 58.2 Å². The molecule has 162 valence electrons. The molecule has 2 N–H and O–H groups in total. The van der Waals surface area contributed by atoms with Crippen molar-refractivity contribution in [1.82, 2.24) is 19.5 Å². The fourth-order valence-corrected chi connectivity index (χ4v) is 3.53. The molecular weight excluding hydrogens is 445 g/mol. The molecular formula is C16H17Cl2N5O7. The van der Waals surface area contributed by atoms with E-state index in [0.29, 0.717) is 0 Å². The Morgan fingerprint density at radius 1 is 1.03 bits per heavy atom. The zero-order chi connectivity index (χ0) is 22.2. The van der Waals surface area contributed by atoms with E-state index in [1.165, 1.54) is 25.3 Å². The van der Waals surface area contributed by atoms with E-state index >= 15 is 0 Å². The first-order valence-electron chi connectivity index (χ1n) is 8.58. The van der Waals surface area contributed by atoms with E-state index < -0.39 is 42.4 Å². The van der Waals surface area contributed by atoms with Crippen molar-refractivity contribution < 1.29 is 33.3 Å². The first-order chi connectivity index (χ1) is 14.1. The van der Waals surface area contributed by atoms with Crippen LogP contribution in [-0.4, -0.2) is 62.3 Å². The van der Waals surface area contributed by atoms with Gasteiger partial charge in [-0.2, -0.15) is 9.97 Å². The molecule has 1 aliphatic rings. The Labute approximate surface area is 179 Å². The van der Waals surface area contributed by atoms with Crippen LogP contribution < -0.4 is 5.73 Å². The largest absolute Gasteiger partial charge is 0.463 e. The quantitative estimate of drug-likeness (QED) is 0.293. The second kappa shape index (κ2) is 8.58. The Morgan fingerprint density at radius 3 is 2.27 bits per heavy atom. The first-order valence-corrected chi connectivity index (χ1v) is 9.33. The molecule has 12 nitrogen and oxygen atoms in total. The van der Waals surface area contributed by atoms with Crippen molar-refractivity contribution in [2.75, 3.05) is 12.3 Å². The van der Waals surface area contributed by atoms with E-state index in [-0.39, 0.29) is 34.2 Å². The third-order valence-corrected chi connectivity index (χ3v) is 4.60. The SMILES string of the molecule is CC(=O)OC[C@@H]1O[C@@H](n2c(Cl)nc3c(Cl)nc(N)nc32)[C@@H](OC(C)=O)[C@@H]1OC(C)=O. The van der Waals surface area contributed by atoms with Gasteiger partial charge >= 0.3 is 17.9 Å². The minimum absolute atomic E-state index is 0.0480. The normalized spacial score (nSPS) is 23.4. The molecule has 0 saturated carbocycles. The molecule has 3 heterocycles. The molecule has 0 aliphatic carbocycles. The summed E-state index contributed by atoms with van der Waals surface area (Å²) in [6.45, 7) is 3.28. The van der Waals surface area contributed by atoms with E-state index in [4.69, 9.17) is 47.9 Å². The second-order valence-electron chi connectivity index (χ2n) is 6.31. The molecule has 0 unspecified atom stereocenters. The molecule has 3 rings (SSSR count). The van der Waals surface area contributed by atoms with Gasteiger partial charge in [0.25, 0.3) is 0 Å². The Kier molecular flexibility index (Phi) is 6.29. The molecule has 2 aromatic heterocycles. The fraction of sp³-hybridized carbons (Fsp3) is 0.500. The van der Waals surface area contributed by atoms with Crippen molar-refractivity contribution in [3.63, 3.8) is 0 Å². The number of hydrogen-bond acceptors (Lipinski definition) is 11. The summed E-state index contributed by atoms with van der Waals surface area (Å²) in [5, 5.41) is -0.170. The number of halogens is 2. The van der Waals surface area contributed by atoms with Gasteiger partial charge in [0.2, 0.25) is 11.2 Å². The Balaban J connectivity index is 2.10. The number of ether oxygens (including phenoxy) is 4. The summed E-state index contributed by atoms with van der Waals surface area (Å²) >= 11 is 12.3. The summed E-state index contributed by atoms with van der Waals surface area (Å²) in [7, 11) is 0. The van der Waals surface area contributed by atoms with E-state index in [9.17, 15) is 14.4 Å². The number of rotatable bonds is 5. The number of carbonyl (C=O) groups is 3. The van der Waals surface area contributed by atoms with Gasteiger partial charge in [0.05, 0.1) is 0 Å². The zero-order valence-electron chi connectivity index (χ0n) is 16.0. The number of carbonyl (C=O) groups excluding carboxylic acids is 3. The lowest BCUT2D eigenvalue weighted by molar-refractivity contribution is -0.166. The van der Waals surface area contributed by atoms with E-state index in [2.05, 4.69) is 15.0 Å². The monoisotopic (exact) mass is 461 g/mol. The number of esters is 3. The van der Waals surface area contributed by atoms with Crippen LogP contribution in [0.15, 0.2) is 0 Å². The highest BCUT2D eigenvalue weighted by atomic mass is 35.5. The number of anilines is 1. The number of fused-ring (bicyclic) bond motifs is 1. The van der Waals surface area contributed by atoms with Crippen LogP contribution >= 0.6 is 23.2 Å². The molecule has 30 heavy (non-hydrogen) atoms. The van der Waals surface area contributed by atoms with Gasteiger partial charge in [-0.3, -0.25) is 19.0 Å². The second-order valence-corrected chi connectivity index (χ2v) is 7.01. The van der Waals surface area contributed by atoms with Crippen LogP contribution in [0.25, 0.3) is 11.2 Å². The number of aromatic nitrogens is 4. The Hall–Kier alpha value is -2.70. The topological polar surface area (TPSA) is 158 Å². The van der Waals surface area contributed by atoms with E-state index in [0.717, 1.165) is 0 Å². The highest BCUT2D eigenvalue weighted by Gasteiger charge is 2.51. The van der Waals surface area contributed by atoms with Crippen molar-refractivity contribution in [3.05, 3.63) is 10.4 Å². The Morgan fingerprint density at radius 2 is 1.67 bits per heavy atom. The van der Waals surface area contributed by atoms with Gasteiger partial charge in [0.15, 0.2) is 29.2 Å². The Bertz CT molecular complexity index is 1010. The van der Waals surface area contributed by atoms with Crippen molar-refractivity contribution in [2.24, 2.45) is 0 Å². The zero-order valence-corrected chi connectivity index (χ0v) is 17.5. The summed E-state index contributed by atoms with van der Waals surface area (Å²) in [6.07, 6.45) is -4.41. The van der Waals surface area contributed by atoms with Gasteiger partial charge in [0.1, 0.15) is 18.2 Å². The van der Waals surface area contributed by atoms with Crippen molar-refractivity contribution in [3.8, 4) is 0 Å². The number of nitrogen functional groups attached to an aromatic ring is 1. The molecule has 0 radical (unpaired) electrons. The van der Waals surface area contributed by atoms with Crippen LogP contribution in [0.3, 0.4) is 0 Å². The van der Waals surface area contributed by atoms with Gasteiger partial charge in [-0.15, -0.1) is 0 Å². The molecule has 0 aromatic carbocycles. The molecule has 1 aliphatic heterocycles. The predicted octanol–water partition coefficient (Wildman–Crippen LogP) is 1.04. The molecule has 0 amide bonds. The number of hydrogen-bond donors (Lipinski definition) is 1. The molecule has 4 atom stereocenters. The van der Waals surface area contributed by atoms with Gasteiger partial charge in [-0.25, -0.2) is 4.98 Å². The fourth-order valence-electron chi connectivity index (χ4n) is 3.06. The minimum atomic E-state index is -1.17. The average Bonchev–Trinajstić information content (AvgIpc) is 3.10. The molecule has 1 fully saturated rings. The smallest absolute Gasteiger partial charge is 0.303 e. The van der Waals surface area contributed by atoms with Crippen LogP contribution in [0.4, 0.5) is 5.95 Å². The summed E-state index contributed by atoms with van der Waals surface area (Å²) in [5.74, 6) is -2.07. The average molecular weight is 462 g/mol. The lowest BCUT2D eigenvalue weighted by Gasteiger charge is -2.24. The van der Waals surface area contributed by atoms with Crippen LogP contribution in [0, 0.1) is 0 Å². The number of imidazole rings is 1. The third-order valence-electron chi connectivity index (χ3n) is 4.07. The van der Waals surface area contributed by atoms with Crippen molar-refractivity contribution in [2.45, 2.75) is 45.3 Å². The third kappa shape index (κ3) is 4.40. The van der Waals surface area contributed by atoms with Crippen LogP contribution in [-0.2, 0) is 33.3 Å². The minimum Gasteiger partial charge on any atom is -0.463 e. The summed E-state index contributed by atoms with van der Waals surface area (Å²) in [5.41, 5.74) is 5.91. The molecule has 0 bridgehead atoms. The first kappa shape index (κ1) is 22.0. The summed E-state index contributed by atoms with van der Waals surface area (Å²) in [6, 6.07) is 0. The van der Waals surface area contributed by atoms with Gasteiger partial charge < -0.3 is 24.7 Å². The highest BCUT2D eigenvalue weighted by molar-refractivity contribution is 6.34. The lowest BCUT2D eigenvalue weighted by atomic mass is 10.1. The maximum absolute atomic E-state index is 11.7. The molecule has 0 spiro atoms. The molecule has 1 saturated heterocycles. The molecule has 2 aromatic rings.